The molecule has 1 fully saturated rings. The van der Waals surface area contributed by atoms with Crippen LogP contribution in [0.25, 0.3) is 21.8 Å². The number of fused-ring (bicyclic) bond motifs is 2. The number of pyridine rings is 1. The van der Waals surface area contributed by atoms with Crippen molar-refractivity contribution < 1.29 is 14.3 Å². The number of hydrogen-bond donors (Lipinski definition) is 0. The molecule has 0 N–H and O–H groups in total. The first-order chi connectivity index (χ1) is 14.4. The van der Waals surface area contributed by atoms with Gasteiger partial charge >= 0.3 is 5.97 Å². The molecular weight excluding hydrogens is 380 g/mol. The molecule has 3 aromatic rings. The van der Waals surface area contributed by atoms with E-state index in [1.54, 1.807) is 33.7 Å². The maximum Gasteiger partial charge on any atom is 0.326 e. The lowest BCUT2D eigenvalue weighted by atomic mass is 9.92. The number of amides is 1. The molecule has 0 aliphatic carbocycles. The molecule has 0 radical (unpaired) electrons. The van der Waals surface area contributed by atoms with E-state index in [-0.39, 0.29) is 24.5 Å². The maximum absolute atomic E-state index is 12.8. The highest BCUT2D eigenvalue weighted by molar-refractivity contribution is 5.94. The van der Waals surface area contributed by atoms with Gasteiger partial charge in [-0.2, -0.15) is 0 Å². The van der Waals surface area contributed by atoms with E-state index in [1.165, 1.54) is 0 Å². The summed E-state index contributed by atoms with van der Waals surface area (Å²) in [5, 5.41) is 1.10. The summed E-state index contributed by atoms with van der Waals surface area (Å²) in [4.78, 5) is 39.7. The second-order valence-corrected chi connectivity index (χ2v) is 8.36. The van der Waals surface area contributed by atoms with Gasteiger partial charge in [-0.3, -0.25) is 14.4 Å². The summed E-state index contributed by atoms with van der Waals surface area (Å²) in [6.45, 7) is 5.35. The lowest BCUT2D eigenvalue weighted by molar-refractivity contribution is -0.153. The number of nitrogens with zero attached hydrogens (tertiary/aromatic N) is 2. The zero-order valence-corrected chi connectivity index (χ0v) is 17.3. The number of carbonyl (C=O) groups is 2. The molecule has 2 atom stereocenters. The van der Waals surface area contributed by atoms with Gasteiger partial charge in [-0.15, -0.1) is 0 Å². The van der Waals surface area contributed by atoms with Crippen molar-refractivity contribution in [3.05, 3.63) is 58.8 Å². The molecule has 0 bridgehead atoms. The van der Waals surface area contributed by atoms with Gasteiger partial charge in [0.25, 0.3) is 5.91 Å². The van der Waals surface area contributed by atoms with Gasteiger partial charge in [0.2, 0.25) is 0 Å². The average molecular weight is 406 g/mol. The number of benzene rings is 2. The number of likely N-dealkylation sites (tertiary alicyclic amines) is 1. The van der Waals surface area contributed by atoms with Crippen LogP contribution in [0.3, 0.4) is 0 Å². The van der Waals surface area contributed by atoms with Crippen LogP contribution in [-0.4, -0.2) is 41.0 Å². The third-order valence-corrected chi connectivity index (χ3v) is 5.74. The van der Waals surface area contributed by atoms with Gasteiger partial charge in [0, 0.05) is 23.9 Å². The molecule has 6 heteroatoms. The Morgan fingerprint density at radius 1 is 0.933 bits per heavy atom. The Morgan fingerprint density at radius 2 is 1.47 bits per heavy atom. The van der Waals surface area contributed by atoms with Gasteiger partial charge in [0.05, 0.1) is 11.0 Å². The Balaban J connectivity index is 1.54. The summed E-state index contributed by atoms with van der Waals surface area (Å²) >= 11 is 0. The van der Waals surface area contributed by atoms with Crippen LogP contribution in [0.5, 0.6) is 0 Å². The number of piperidine rings is 1. The Morgan fingerprint density at radius 3 is 2.03 bits per heavy atom. The van der Waals surface area contributed by atoms with E-state index in [2.05, 4.69) is 13.8 Å². The van der Waals surface area contributed by atoms with Crippen LogP contribution in [0.2, 0.25) is 0 Å². The number of carbonyl (C=O) groups excluding carboxylic acids is 2. The van der Waals surface area contributed by atoms with Gasteiger partial charge in [-0.25, -0.2) is 0 Å². The van der Waals surface area contributed by atoms with Crippen molar-refractivity contribution in [3.63, 3.8) is 0 Å². The van der Waals surface area contributed by atoms with E-state index in [1.807, 2.05) is 24.3 Å². The van der Waals surface area contributed by atoms with Gasteiger partial charge in [0.15, 0.2) is 12.0 Å². The van der Waals surface area contributed by atoms with E-state index in [0.29, 0.717) is 46.7 Å². The summed E-state index contributed by atoms with van der Waals surface area (Å²) in [5.74, 6) is 0.247. The van der Waals surface area contributed by atoms with Crippen LogP contribution in [0, 0.1) is 11.8 Å². The highest BCUT2D eigenvalue weighted by Crippen LogP contribution is 2.21. The van der Waals surface area contributed by atoms with Crippen LogP contribution in [0.4, 0.5) is 0 Å². The van der Waals surface area contributed by atoms with E-state index < -0.39 is 5.97 Å². The number of hydrogen-bond acceptors (Lipinski definition) is 4. The fourth-order valence-corrected chi connectivity index (χ4v) is 4.52. The smallest absolute Gasteiger partial charge is 0.326 e. The van der Waals surface area contributed by atoms with Crippen molar-refractivity contribution in [2.75, 3.05) is 19.7 Å². The van der Waals surface area contributed by atoms with E-state index in [0.717, 1.165) is 6.42 Å². The molecule has 1 aliphatic heterocycles. The largest absolute Gasteiger partial charge is 0.454 e. The SMILES string of the molecule is CC1CC(C)CN(C(=O)COC(=O)Cn2c3ccccc3c(=O)c3ccccc32)C1. The molecule has 4 rings (SSSR count). The molecule has 1 amide bonds. The first-order valence-corrected chi connectivity index (χ1v) is 10.4. The highest BCUT2D eigenvalue weighted by Gasteiger charge is 2.26. The van der Waals surface area contributed by atoms with Crippen molar-refractivity contribution in [3.8, 4) is 0 Å². The fourth-order valence-electron chi connectivity index (χ4n) is 4.52. The third-order valence-electron chi connectivity index (χ3n) is 5.74. The molecule has 2 unspecified atom stereocenters. The van der Waals surface area contributed by atoms with Gasteiger partial charge in [0.1, 0.15) is 6.54 Å². The second kappa shape index (κ2) is 8.30. The van der Waals surface area contributed by atoms with Crippen LogP contribution in [0.15, 0.2) is 53.3 Å². The molecule has 0 spiro atoms. The summed E-state index contributed by atoms with van der Waals surface area (Å²) in [6.07, 6.45) is 1.11. The van der Waals surface area contributed by atoms with Crippen molar-refractivity contribution in [2.24, 2.45) is 11.8 Å². The second-order valence-electron chi connectivity index (χ2n) is 8.36. The molecule has 156 valence electrons. The summed E-state index contributed by atoms with van der Waals surface area (Å²) in [6, 6.07) is 14.4. The fraction of sp³-hybridized carbons (Fsp3) is 0.375. The zero-order valence-electron chi connectivity index (χ0n) is 17.3. The minimum absolute atomic E-state index is 0.0608. The summed E-state index contributed by atoms with van der Waals surface area (Å²) in [7, 11) is 0. The molecule has 0 saturated carbocycles. The minimum Gasteiger partial charge on any atom is -0.454 e. The van der Waals surface area contributed by atoms with Crippen LogP contribution in [0.1, 0.15) is 20.3 Å². The number of rotatable bonds is 4. The van der Waals surface area contributed by atoms with E-state index >= 15 is 0 Å². The van der Waals surface area contributed by atoms with E-state index in [9.17, 15) is 14.4 Å². The zero-order chi connectivity index (χ0) is 21.3. The van der Waals surface area contributed by atoms with Crippen LogP contribution in [-0.2, 0) is 20.9 Å². The molecule has 2 heterocycles. The lowest BCUT2D eigenvalue weighted by Crippen LogP contribution is -2.44. The quantitative estimate of drug-likeness (QED) is 0.493. The Bertz CT molecular complexity index is 1100. The molecule has 30 heavy (non-hydrogen) atoms. The topological polar surface area (TPSA) is 68.6 Å². The number of ether oxygens (including phenoxy) is 1. The van der Waals surface area contributed by atoms with Gasteiger partial charge < -0.3 is 14.2 Å². The third kappa shape index (κ3) is 3.95. The van der Waals surface area contributed by atoms with Gasteiger partial charge in [-0.1, -0.05) is 38.1 Å². The lowest BCUT2D eigenvalue weighted by Gasteiger charge is -2.34. The predicted molar refractivity (Wildman–Crippen MR) is 116 cm³/mol. The Labute approximate surface area is 175 Å². The average Bonchev–Trinajstić information content (AvgIpc) is 2.74. The maximum atomic E-state index is 12.8. The van der Waals surface area contributed by atoms with Crippen molar-refractivity contribution in [2.45, 2.75) is 26.8 Å². The molecule has 1 aliphatic rings. The monoisotopic (exact) mass is 406 g/mol. The van der Waals surface area contributed by atoms with E-state index in [4.69, 9.17) is 4.74 Å². The first-order valence-electron chi connectivity index (χ1n) is 10.4. The Kier molecular flexibility index (Phi) is 5.57. The molecular formula is C24H26N2O4. The van der Waals surface area contributed by atoms with Crippen LogP contribution < -0.4 is 5.43 Å². The number of esters is 1. The van der Waals surface area contributed by atoms with Crippen molar-refractivity contribution in [1.29, 1.82) is 0 Å². The summed E-state index contributed by atoms with van der Waals surface area (Å²) < 4.78 is 7.11. The summed E-state index contributed by atoms with van der Waals surface area (Å²) in [5.41, 5.74) is 1.28. The highest BCUT2D eigenvalue weighted by atomic mass is 16.5. The van der Waals surface area contributed by atoms with Crippen molar-refractivity contribution >= 4 is 33.7 Å². The van der Waals surface area contributed by atoms with Gasteiger partial charge in [-0.05, 0) is 42.5 Å². The first kappa shape index (κ1) is 20.1. The predicted octanol–water partition coefficient (Wildman–Crippen LogP) is 3.20. The normalized spacial score (nSPS) is 19.2. The Hall–Kier alpha value is -3.15. The minimum atomic E-state index is -0.500. The standard InChI is InChI=1S/C24H26N2O4/c1-16-11-17(2)13-25(12-16)22(27)15-30-23(28)14-26-20-9-5-3-7-18(20)24(29)19-8-4-6-10-21(19)26/h3-10,16-17H,11-15H2,1-2H3. The molecule has 1 aromatic heterocycles. The molecule has 6 nitrogen and oxygen atoms in total. The van der Waals surface area contributed by atoms with Crippen molar-refractivity contribution in [1.82, 2.24) is 9.47 Å². The van der Waals surface area contributed by atoms with Crippen LogP contribution >= 0.6 is 0 Å². The number of aromatic nitrogens is 1. The molecule has 2 aromatic carbocycles. The molecule has 1 saturated heterocycles. The number of para-hydroxylation sites is 2.